The summed E-state index contributed by atoms with van der Waals surface area (Å²) in [5.41, 5.74) is 0.273. The van der Waals surface area contributed by atoms with E-state index < -0.39 is 49.5 Å². The topological polar surface area (TPSA) is 127 Å². The van der Waals surface area contributed by atoms with Crippen molar-refractivity contribution in [2.45, 2.75) is 43.2 Å². The molecule has 1 aliphatic rings. The minimum Gasteiger partial charge on any atom is -0.467 e. The maximum Gasteiger partial charge on any atom is 0.328 e. The van der Waals surface area contributed by atoms with Gasteiger partial charge in [0.15, 0.2) is 4.90 Å². The molecule has 1 heterocycles. The molecular weight excluding hydrogens is 510 g/mol. The zero-order chi connectivity index (χ0) is 27.4. The average molecular weight is 540 g/mol. The predicted octanol–water partition coefficient (Wildman–Crippen LogP) is 3.53. The van der Waals surface area contributed by atoms with Gasteiger partial charge in [-0.05, 0) is 28.8 Å². The maximum absolute atomic E-state index is 13.8. The van der Waals surface area contributed by atoms with Crippen molar-refractivity contribution in [3.05, 3.63) is 82.4 Å². The van der Waals surface area contributed by atoms with Gasteiger partial charge in [-0.25, -0.2) is 13.2 Å². The Morgan fingerprint density at radius 1 is 1.08 bits per heavy atom. The van der Waals surface area contributed by atoms with Gasteiger partial charge >= 0.3 is 5.97 Å². The first kappa shape index (κ1) is 27.2. The Morgan fingerprint density at radius 3 is 2.45 bits per heavy atom. The SMILES string of the molecule is CCC[C@H]1C(=O)N([C@@H](Cc2ccc3ccccc3c2)C(=O)OC)CCN1S(=O)(=O)c1ccccc1[N+](=O)[O-]. The van der Waals surface area contributed by atoms with Crippen LogP contribution in [0.2, 0.25) is 0 Å². The number of hydrogen-bond donors (Lipinski definition) is 0. The number of piperazine rings is 1. The van der Waals surface area contributed by atoms with Crippen LogP contribution in [0, 0.1) is 10.1 Å². The molecule has 11 heteroatoms. The van der Waals surface area contributed by atoms with Gasteiger partial charge in [-0.15, -0.1) is 0 Å². The lowest BCUT2D eigenvalue weighted by atomic mass is 9.99. The number of sulfonamides is 1. The quantitative estimate of drug-likeness (QED) is 0.231. The first-order chi connectivity index (χ1) is 18.2. The normalized spacial score (nSPS) is 17.4. The van der Waals surface area contributed by atoms with Crippen LogP contribution < -0.4 is 0 Å². The fraction of sp³-hybridized carbons (Fsp3) is 0.333. The molecule has 0 spiro atoms. The minimum absolute atomic E-state index is 0.0632. The van der Waals surface area contributed by atoms with Gasteiger partial charge in [-0.2, -0.15) is 4.31 Å². The molecule has 4 rings (SSSR count). The van der Waals surface area contributed by atoms with Crippen LogP contribution in [-0.4, -0.2) is 66.7 Å². The molecule has 1 fully saturated rings. The number of benzene rings is 3. The monoisotopic (exact) mass is 539 g/mol. The number of para-hydroxylation sites is 1. The molecule has 0 aromatic heterocycles. The summed E-state index contributed by atoms with van der Waals surface area (Å²) in [5.74, 6) is -1.13. The molecule has 1 amide bonds. The van der Waals surface area contributed by atoms with Crippen LogP contribution in [0.25, 0.3) is 10.8 Å². The van der Waals surface area contributed by atoms with E-state index in [4.69, 9.17) is 4.74 Å². The second kappa shape index (κ2) is 11.3. The highest BCUT2D eigenvalue weighted by Crippen LogP contribution is 2.31. The third kappa shape index (κ3) is 5.25. The van der Waals surface area contributed by atoms with Gasteiger partial charge in [0.2, 0.25) is 5.91 Å². The van der Waals surface area contributed by atoms with Crippen molar-refractivity contribution in [3.63, 3.8) is 0 Å². The summed E-state index contributed by atoms with van der Waals surface area (Å²) < 4.78 is 33.2. The maximum atomic E-state index is 13.8. The van der Waals surface area contributed by atoms with Gasteiger partial charge in [-0.3, -0.25) is 14.9 Å². The number of esters is 1. The van der Waals surface area contributed by atoms with Crippen molar-refractivity contribution >= 4 is 38.4 Å². The number of hydrogen-bond acceptors (Lipinski definition) is 7. The number of nitro benzene ring substituents is 1. The fourth-order valence-corrected chi connectivity index (χ4v) is 6.69. The van der Waals surface area contributed by atoms with Gasteiger partial charge in [0.05, 0.1) is 12.0 Å². The van der Waals surface area contributed by atoms with Crippen LogP contribution in [0.5, 0.6) is 0 Å². The Balaban J connectivity index is 1.67. The number of carbonyl (C=O) groups excluding carboxylic acids is 2. The zero-order valence-corrected chi connectivity index (χ0v) is 22.0. The Bertz CT molecular complexity index is 1470. The number of nitro groups is 1. The first-order valence-corrected chi connectivity index (χ1v) is 13.7. The number of nitrogens with zero attached hydrogens (tertiary/aromatic N) is 3. The molecule has 3 aromatic rings. The van der Waals surface area contributed by atoms with Crippen molar-refractivity contribution < 1.29 is 27.7 Å². The van der Waals surface area contributed by atoms with E-state index in [9.17, 15) is 28.1 Å². The third-order valence-corrected chi connectivity index (χ3v) is 8.74. The molecule has 0 aliphatic carbocycles. The number of amides is 1. The van der Waals surface area contributed by atoms with E-state index in [-0.39, 0.29) is 25.9 Å². The highest BCUT2D eigenvalue weighted by Gasteiger charge is 2.46. The number of methoxy groups -OCH3 is 1. The number of carbonyl (C=O) groups is 2. The number of fused-ring (bicyclic) bond motifs is 1. The summed E-state index contributed by atoms with van der Waals surface area (Å²) in [6.45, 7) is 1.64. The van der Waals surface area contributed by atoms with Gasteiger partial charge in [0.1, 0.15) is 12.1 Å². The predicted molar refractivity (Wildman–Crippen MR) is 141 cm³/mol. The van der Waals surface area contributed by atoms with Crippen LogP contribution in [0.1, 0.15) is 25.3 Å². The second-order valence-electron chi connectivity index (χ2n) is 9.10. The van der Waals surface area contributed by atoms with Crippen LogP contribution in [0.3, 0.4) is 0 Å². The molecule has 1 aliphatic heterocycles. The minimum atomic E-state index is -4.37. The lowest BCUT2D eigenvalue weighted by Crippen LogP contribution is -2.62. The summed E-state index contributed by atoms with van der Waals surface area (Å²) >= 11 is 0. The number of ether oxygens (including phenoxy) is 1. The van der Waals surface area contributed by atoms with Crippen molar-refractivity contribution in [1.82, 2.24) is 9.21 Å². The summed E-state index contributed by atoms with van der Waals surface area (Å²) in [6.07, 6.45) is 0.874. The highest BCUT2D eigenvalue weighted by molar-refractivity contribution is 7.89. The lowest BCUT2D eigenvalue weighted by Gasteiger charge is -2.42. The van der Waals surface area contributed by atoms with Crippen LogP contribution in [0.4, 0.5) is 5.69 Å². The van der Waals surface area contributed by atoms with E-state index in [1.54, 1.807) is 0 Å². The Hall–Kier alpha value is -3.83. The third-order valence-electron chi connectivity index (χ3n) is 6.78. The fourth-order valence-electron chi connectivity index (χ4n) is 4.92. The zero-order valence-electron chi connectivity index (χ0n) is 21.1. The molecule has 2 atom stereocenters. The Morgan fingerprint density at radius 2 is 1.76 bits per heavy atom. The molecule has 0 N–H and O–H groups in total. The lowest BCUT2D eigenvalue weighted by molar-refractivity contribution is -0.387. The van der Waals surface area contributed by atoms with Crippen LogP contribution in [0.15, 0.2) is 71.6 Å². The standard InChI is InChI=1S/C27H29N3O7S/c1-3-8-23-26(31)28(15-16-29(23)38(35,36)25-12-7-6-11-22(25)30(33)34)24(27(32)37-2)18-19-13-14-20-9-4-5-10-21(20)17-19/h4-7,9-14,17,23-24H,3,8,15-16,18H2,1-2H3/t23-,24-/m0/s1. The molecule has 0 saturated carbocycles. The molecule has 0 unspecified atom stereocenters. The van der Waals surface area contributed by atoms with Gasteiger partial charge < -0.3 is 9.64 Å². The van der Waals surface area contributed by atoms with Crippen molar-refractivity contribution in [3.8, 4) is 0 Å². The highest BCUT2D eigenvalue weighted by atomic mass is 32.2. The summed E-state index contributed by atoms with van der Waals surface area (Å²) in [6, 6.07) is 16.6. The van der Waals surface area contributed by atoms with E-state index in [2.05, 4.69) is 0 Å². The molecule has 1 saturated heterocycles. The second-order valence-corrected chi connectivity index (χ2v) is 11.0. The van der Waals surface area contributed by atoms with Crippen molar-refractivity contribution in [2.24, 2.45) is 0 Å². The van der Waals surface area contributed by atoms with E-state index >= 15 is 0 Å². The van der Waals surface area contributed by atoms with Gasteiger partial charge in [0, 0.05) is 25.6 Å². The summed E-state index contributed by atoms with van der Waals surface area (Å²) in [7, 11) is -3.12. The largest absolute Gasteiger partial charge is 0.467 e. The van der Waals surface area contributed by atoms with Crippen LogP contribution in [-0.2, 0) is 30.8 Å². The molecule has 3 aromatic carbocycles. The molecule has 200 valence electrons. The first-order valence-electron chi connectivity index (χ1n) is 12.3. The summed E-state index contributed by atoms with van der Waals surface area (Å²) in [5, 5.41) is 13.6. The van der Waals surface area contributed by atoms with Gasteiger partial charge in [0.25, 0.3) is 15.7 Å². The van der Waals surface area contributed by atoms with Crippen molar-refractivity contribution in [1.29, 1.82) is 0 Å². The molecule has 0 bridgehead atoms. The van der Waals surface area contributed by atoms with Crippen LogP contribution >= 0.6 is 0 Å². The number of rotatable bonds is 9. The van der Waals surface area contributed by atoms with E-state index in [0.717, 1.165) is 26.7 Å². The molecule has 10 nitrogen and oxygen atoms in total. The van der Waals surface area contributed by atoms with E-state index in [1.165, 1.54) is 30.2 Å². The van der Waals surface area contributed by atoms with Gasteiger partial charge in [-0.1, -0.05) is 67.9 Å². The van der Waals surface area contributed by atoms with E-state index in [0.29, 0.717) is 6.42 Å². The molecule has 38 heavy (non-hydrogen) atoms. The molecular formula is C27H29N3O7S. The van der Waals surface area contributed by atoms with Crippen molar-refractivity contribution in [2.75, 3.05) is 20.2 Å². The smallest absolute Gasteiger partial charge is 0.328 e. The average Bonchev–Trinajstić information content (AvgIpc) is 2.92. The Labute approximate surface area is 221 Å². The Kier molecular flexibility index (Phi) is 8.08. The van der Waals surface area contributed by atoms with E-state index in [1.807, 2.05) is 49.4 Å². The molecule has 0 radical (unpaired) electrons. The summed E-state index contributed by atoms with van der Waals surface area (Å²) in [4.78, 5) is 38.3.